The monoisotopic (exact) mass is 273 g/mol. The smallest absolute Gasteiger partial charge is 0.330 e. The first kappa shape index (κ1) is 13.9. The SMILES string of the molecule is CCOC(=O)/C=C/c1cc(OCc2ccccc2)no1. The van der Waals surface area contributed by atoms with Gasteiger partial charge in [-0.15, -0.1) is 0 Å². The summed E-state index contributed by atoms with van der Waals surface area (Å²) in [6.45, 7) is 2.50. The standard InChI is InChI=1S/C15H15NO4/c1-2-18-15(17)9-8-13-10-14(16-20-13)19-11-12-6-4-3-5-7-12/h3-10H,2,11H2,1H3/b9-8+. The van der Waals surface area contributed by atoms with Crippen molar-refractivity contribution in [3.05, 3.63) is 53.8 Å². The maximum absolute atomic E-state index is 11.1. The van der Waals surface area contributed by atoms with Gasteiger partial charge in [0.15, 0.2) is 5.76 Å². The van der Waals surface area contributed by atoms with Crippen LogP contribution in [-0.4, -0.2) is 17.7 Å². The first-order valence-corrected chi connectivity index (χ1v) is 6.26. The molecule has 0 fully saturated rings. The van der Waals surface area contributed by atoms with E-state index in [2.05, 4.69) is 5.16 Å². The van der Waals surface area contributed by atoms with Crippen LogP contribution in [0.3, 0.4) is 0 Å². The third-order valence-corrected chi connectivity index (χ3v) is 2.41. The highest BCUT2D eigenvalue weighted by Crippen LogP contribution is 2.14. The molecule has 0 unspecified atom stereocenters. The predicted octanol–water partition coefficient (Wildman–Crippen LogP) is 2.83. The lowest BCUT2D eigenvalue weighted by Gasteiger charge is -2.00. The zero-order chi connectivity index (χ0) is 14.2. The summed E-state index contributed by atoms with van der Waals surface area (Å²) in [4.78, 5) is 11.1. The lowest BCUT2D eigenvalue weighted by Crippen LogP contribution is -1.98. The van der Waals surface area contributed by atoms with Gasteiger partial charge in [-0.25, -0.2) is 4.79 Å². The number of benzene rings is 1. The Bertz CT molecular complexity index is 575. The van der Waals surface area contributed by atoms with Crippen LogP contribution in [0.25, 0.3) is 6.08 Å². The van der Waals surface area contributed by atoms with Gasteiger partial charge in [0, 0.05) is 12.1 Å². The lowest BCUT2D eigenvalue weighted by atomic mass is 10.2. The summed E-state index contributed by atoms with van der Waals surface area (Å²) in [7, 11) is 0. The molecule has 0 amide bonds. The van der Waals surface area contributed by atoms with Crippen LogP contribution in [0.1, 0.15) is 18.2 Å². The second-order valence-corrected chi connectivity index (χ2v) is 3.93. The zero-order valence-corrected chi connectivity index (χ0v) is 11.1. The Morgan fingerprint density at radius 3 is 2.90 bits per heavy atom. The van der Waals surface area contributed by atoms with E-state index < -0.39 is 5.97 Å². The highest BCUT2D eigenvalue weighted by molar-refractivity contribution is 5.86. The predicted molar refractivity (Wildman–Crippen MR) is 72.9 cm³/mol. The van der Waals surface area contributed by atoms with Gasteiger partial charge in [-0.2, -0.15) is 0 Å². The van der Waals surface area contributed by atoms with E-state index in [1.165, 1.54) is 12.2 Å². The summed E-state index contributed by atoms with van der Waals surface area (Å²) < 4.78 is 15.2. The van der Waals surface area contributed by atoms with E-state index in [0.29, 0.717) is 24.9 Å². The summed E-state index contributed by atoms with van der Waals surface area (Å²) in [5, 5.41) is 3.75. The third kappa shape index (κ3) is 4.28. The summed E-state index contributed by atoms with van der Waals surface area (Å²) in [6.07, 6.45) is 2.77. The molecule has 5 heteroatoms. The highest BCUT2D eigenvalue weighted by Gasteiger charge is 2.03. The summed E-state index contributed by atoms with van der Waals surface area (Å²) >= 11 is 0. The Hall–Kier alpha value is -2.56. The molecule has 1 aromatic heterocycles. The second kappa shape index (κ2) is 7.13. The molecule has 0 atom stereocenters. The van der Waals surface area contributed by atoms with Crippen LogP contribution in [0.15, 0.2) is 47.0 Å². The van der Waals surface area contributed by atoms with E-state index in [-0.39, 0.29) is 0 Å². The fourth-order valence-corrected chi connectivity index (χ4v) is 1.49. The quantitative estimate of drug-likeness (QED) is 0.598. The maximum Gasteiger partial charge on any atom is 0.330 e. The molecule has 2 rings (SSSR count). The van der Waals surface area contributed by atoms with E-state index in [9.17, 15) is 4.79 Å². The lowest BCUT2D eigenvalue weighted by molar-refractivity contribution is -0.137. The van der Waals surface area contributed by atoms with E-state index in [1.807, 2.05) is 30.3 Å². The number of carbonyl (C=O) groups is 1. The molecule has 104 valence electrons. The van der Waals surface area contributed by atoms with Gasteiger partial charge < -0.3 is 14.0 Å². The van der Waals surface area contributed by atoms with Crippen molar-refractivity contribution in [3.63, 3.8) is 0 Å². The Morgan fingerprint density at radius 1 is 1.35 bits per heavy atom. The fraction of sp³-hybridized carbons (Fsp3) is 0.200. The molecule has 0 saturated heterocycles. The van der Waals surface area contributed by atoms with Crippen LogP contribution < -0.4 is 4.74 Å². The molecule has 5 nitrogen and oxygen atoms in total. The van der Waals surface area contributed by atoms with Crippen molar-refractivity contribution >= 4 is 12.0 Å². The minimum absolute atomic E-state index is 0.338. The summed E-state index contributed by atoms with van der Waals surface area (Å²) in [5.74, 6) is 0.383. The molecule has 1 heterocycles. The largest absolute Gasteiger partial charge is 0.471 e. The van der Waals surface area contributed by atoms with E-state index in [1.54, 1.807) is 13.0 Å². The van der Waals surface area contributed by atoms with Crippen molar-refractivity contribution in [1.29, 1.82) is 0 Å². The second-order valence-electron chi connectivity index (χ2n) is 3.93. The van der Waals surface area contributed by atoms with Crippen molar-refractivity contribution in [2.24, 2.45) is 0 Å². The van der Waals surface area contributed by atoms with Gasteiger partial charge in [-0.05, 0) is 23.7 Å². The van der Waals surface area contributed by atoms with Crippen LogP contribution in [-0.2, 0) is 16.1 Å². The van der Waals surface area contributed by atoms with Gasteiger partial charge in [0.25, 0.3) is 5.88 Å². The number of hydrogen-bond acceptors (Lipinski definition) is 5. The van der Waals surface area contributed by atoms with Crippen molar-refractivity contribution < 1.29 is 18.8 Å². The van der Waals surface area contributed by atoms with Gasteiger partial charge in [0.05, 0.1) is 6.61 Å². The van der Waals surface area contributed by atoms with E-state index in [0.717, 1.165) is 5.56 Å². The first-order valence-electron chi connectivity index (χ1n) is 6.26. The number of aromatic nitrogens is 1. The normalized spacial score (nSPS) is 10.7. The number of hydrogen-bond donors (Lipinski definition) is 0. The van der Waals surface area contributed by atoms with Gasteiger partial charge in [-0.1, -0.05) is 30.3 Å². The summed E-state index contributed by atoms with van der Waals surface area (Å²) in [6, 6.07) is 11.4. The van der Waals surface area contributed by atoms with Crippen LogP contribution in [0.4, 0.5) is 0 Å². The number of rotatable bonds is 6. The molecule has 2 aromatic rings. The molecule has 0 bridgehead atoms. The minimum atomic E-state index is -0.421. The number of nitrogens with zero attached hydrogens (tertiary/aromatic N) is 1. The van der Waals surface area contributed by atoms with Gasteiger partial charge in [0.2, 0.25) is 0 Å². The molecule has 0 aliphatic carbocycles. The molecule has 20 heavy (non-hydrogen) atoms. The van der Waals surface area contributed by atoms with Crippen molar-refractivity contribution in [2.75, 3.05) is 6.61 Å². The number of carbonyl (C=O) groups excluding carboxylic acids is 1. The van der Waals surface area contributed by atoms with Gasteiger partial charge >= 0.3 is 5.97 Å². The van der Waals surface area contributed by atoms with Gasteiger partial charge in [-0.3, -0.25) is 0 Å². The van der Waals surface area contributed by atoms with Gasteiger partial charge in [0.1, 0.15) is 6.61 Å². The Labute approximate surface area is 116 Å². The topological polar surface area (TPSA) is 61.6 Å². The van der Waals surface area contributed by atoms with Crippen LogP contribution >= 0.6 is 0 Å². The zero-order valence-electron chi connectivity index (χ0n) is 11.1. The Kier molecular flexibility index (Phi) is 4.94. The molecule has 1 aromatic carbocycles. The molecule has 0 saturated carbocycles. The average Bonchev–Trinajstić information content (AvgIpc) is 2.92. The minimum Gasteiger partial charge on any atom is -0.471 e. The fourth-order valence-electron chi connectivity index (χ4n) is 1.49. The average molecular weight is 273 g/mol. The first-order chi connectivity index (χ1) is 9.78. The molecule has 0 spiro atoms. The van der Waals surface area contributed by atoms with Crippen LogP contribution in [0.2, 0.25) is 0 Å². The van der Waals surface area contributed by atoms with Crippen LogP contribution in [0.5, 0.6) is 5.88 Å². The molecular weight excluding hydrogens is 258 g/mol. The molecule has 0 radical (unpaired) electrons. The molecule has 0 aliphatic rings. The van der Waals surface area contributed by atoms with Crippen molar-refractivity contribution in [2.45, 2.75) is 13.5 Å². The number of ether oxygens (including phenoxy) is 2. The van der Waals surface area contributed by atoms with Crippen molar-refractivity contribution in [3.8, 4) is 5.88 Å². The maximum atomic E-state index is 11.1. The Morgan fingerprint density at radius 2 is 2.15 bits per heavy atom. The third-order valence-electron chi connectivity index (χ3n) is 2.41. The van der Waals surface area contributed by atoms with E-state index >= 15 is 0 Å². The molecule has 0 N–H and O–H groups in total. The van der Waals surface area contributed by atoms with E-state index in [4.69, 9.17) is 14.0 Å². The molecular formula is C15H15NO4. The molecule has 0 aliphatic heterocycles. The Balaban J connectivity index is 1.87. The number of esters is 1. The van der Waals surface area contributed by atoms with Crippen molar-refractivity contribution in [1.82, 2.24) is 5.16 Å². The van der Waals surface area contributed by atoms with Crippen LogP contribution in [0, 0.1) is 0 Å². The summed E-state index contributed by atoms with van der Waals surface area (Å²) in [5.41, 5.74) is 1.04. The highest BCUT2D eigenvalue weighted by atomic mass is 16.5.